The maximum atomic E-state index is 5.20. The van der Waals surface area contributed by atoms with E-state index in [1.54, 1.807) is 11.8 Å². The third-order valence-corrected chi connectivity index (χ3v) is 2.59. The van der Waals surface area contributed by atoms with E-state index in [9.17, 15) is 0 Å². The number of rotatable bonds is 3. The van der Waals surface area contributed by atoms with Gasteiger partial charge in [0.05, 0.1) is 5.71 Å². The number of nitrogens with two attached hydrogens (primary N) is 2. The largest absolute Gasteiger partial charge is 1.00 e. The Morgan fingerprint density at radius 2 is 1.84 bits per heavy atom. The molecule has 0 unspecified atom stereocenters. The molecule has 0 amide bonds. The molecule has 1 rings (SSSR count). The first-order valence-electron chi connectivity index (χ1n) is 4.66. The average Bonchev–Trinajstić information content (AvgIpc) is 2.25. The van der Waals surface area contributed by atoms with Crippen LogP contribution in [0.3, 0.4) is 0 Å². The zero-order chi connectivity index (χ0) is 12.1. The van der Waals surface area contributed by atoms with Crippen LogP contribution in [0.1, 0.15) is 18.2 Å². The lowest BCUT2D eigenvalue weighted by Crippen LogP contribution is -3.00. The van der Waals surface area contributed by atoms with Gasteiger partial charge in [-0.15, -0.1) is 15.1 Å². The number of hydrogen-bond acceptors (Lipinski definition) is 3. The minimum absolute atomic E-state index is 0. The number of guanidine groups is 1. The number of H-pyrrole nitrogens is 2. The van der Waals surface area contributed by atoms with Gasteiger partial charge in [0.1, 0.15) is 5.56 Å². The highest BCUT2D eigenvalue weighted by atomic mass is 35.5. The fourth-order valence-corrected chi connectivity index (χ4v) is 1.62. The molecule has 8 N–H and O–H groups in total. The van der Waals surface area contributed by atoms with Crippen molar-refractivity contribution in [1.29, 1.82) is 0 Å². The molecule has 0 bridgehead atoms. The van der Waals surface area contributed by atoms with E-state index in [0.717, 1.165) is 22.1 Å². The summed E-state index contributed by atoms with van der Waals surface area (Å²) in [6.45, 7) is 3.81. The third kappa shape index (κ3) is 7.16. The zero-order valence-corrected chi connectivity index (χ0v) is 13.1. The molecular weight excluding hydrogens is 311 g/mol. The second kappa shape index (κ2) is 10.8. The van der Waals surface area contributed by atoms with E-state index in [2.05, 4.69) is 20.2 Å². The lowest BCUT2D eigenvalue weighted by Gasteiger charge is -1.95. The first-order valence-corrected chi connectivity index (χ1v) is 5.89. The number of aryl methyl sites for hydroxylation is 1. The Balaban J connectivity index is -0.000000853. The molecule has 10 heteroatoms. The molecule has 7 nitrogen and oxygen atoms in total. The molecule has 0 aliphatic heterocycles. The van der Waals surface area contributed by atoms with E-state index < -0.39 is 0 Å². The number of nitrogens with zero attached hydrogens (tertiary/aromatic N) is 2. The second-order valence-electron chi connectivity index (χ2n) is 3.20. The quantitative estimate of drug-likeness (QED) is 0.187. The van der Waals surface area contributed by atoms with E-state index in [0.29, 0.717) is 0 Å². The van der Waals surface area contributed by atoms with Gasteiger partial charge in [-0.3, -0.25) is 0 Å². The van der Waals surface area contributed by atoms with Gasteiger partial charge < -0.3 is 41.8 Å². The first-order chi connectivity index (χ1) is 7.54. The van der Waals surface area contributed by atoms with Crippen LogP contribution in [0.15, 0.2) is 21.6 Å². The fourth-order valence-electron chi connectivity index (χ4n) is 1.19. The molecule has 0 aliphatic carbocycles. The van der Waals surface area contributed by atoms with Crippen LogP contribution in [0.5, 0.6) is 0 Å². The molecule has 19 heavy (non-hydrogen) atoms. The summed E-state index contributed by atoms with van der Waals surface area (Å²) in [4.78, 5) is 6.32. The lowest BCUT2D eigenvalue weighted by atomic mass is 10.2. The minimum atomic E-state index is -0.0503. The fraction of sp³-hybridized carbons (Fsp3) is 0.333. The molecule has 0 aliphatic rings. The highest BCUT2D eigenvalue weighted by Gasteiger charge is 2.16. The maximum Gasteiger partial charge on any atom is 0.477 e. The van der Waals surface area contributed by atoms with Crippen molar-refractivity contribution in [2.45, 2.75) is 19.0 Å². The first kappa shape index (κ1) is 23.0. The summed E-state index contributed by atoms with van der Waals surface area (Å²) in [5, 5.41) is 8.51. The topological polar surface area (TPSA) is 137 Å². The Labute approximate surface area is 128 Å². The lowest BCUT2D eigenvalue weighted by molar-refractivity contribution is -0.610. The van der Waals surface area contributed by atoms with Gasteiger partial charge in [-0.1, -0.05) is 0 Å². The summed E-state index contributed by atoms with van der Waals surface area (Å²) in [7, 11) is 0. The number of aromatic nitrogens is 2. The van der Waals surface area contributed by atoms with E-state index in [1.807, 2.05) is 26.3 Å². The van der Waals surface area contributed by atoms with Crippen LogP contribution < -0.4 is 46.2 Å². The minimum Gasteiger partial charge on any atom is -1.00 e. The maximum absolute atomic E-state index is 5.20. The molecule has 0 saturated carbocycles. The molecule has 0 atom stereocenters. The van der Waals surface area contributed by atoms with Crippen molar-refractivity contribution in [3.8, 4) is 0 Å². The standard InChI is InChI=1S/C9H14N6S.2ClH.H2O/c1-5-7(4-12-9(13-5)16-3)6(2)14-15-8(10)11;;;/h4H,1-3H3,(H4,10,11,15);2*1H;1H2/b14-6+;;;. The number of aromatic amines is 2. The molecule has 1 heterocycles. The number of hydrogen-bond donors (Lipinski definition) is 2. The SMILES string of the molecule is CSc1[nH+]cc(/C(C)=N/N=C(N)N)c(C)[nH+]1.O.[Cl-].[Cl-]. The van der Waals surface area contributed by atoms with Crippen molar-refractivity contribution in [3.05, 3.63) is 17.5 Å². The number of nitrogens with one attached hydrogen (secondary N) is 2. The van der Waals surface area contributed by atoms with Crippen molar-refractivity contribution >= 4 is 23.4 Å². The van der Waals surface area contributed by atoms with E-state index >= 15 is 0 Å². The molecule has 0 saturated heterocycles. The van der Waals surface area contributed by atoms with E-state index in [4.69, 9.17) is 11.5 Å². The summed E-state index contributed by atoms with van der Waals surface area (Å²) in [5.41, 5.74) is 13.1. The van der Waals surface area contributed by atoms with Gasteiger partial charge in [0, 0.05) is 18.7 Å². The summed E-state index contributed by atoms with van der Waals surface area (Å²) < 4.78 is 0. The number of halogens is 2. The van der Waals surface area contributed by atoms with E-state index in [-0.39, 0.29) is 36.2 Å². The van der Waals surface area contributed by atoms with Crippen LogP contribution in [0.4, 0.5) is 0 Å². The van der Waals surface area contributed by atoms with Gasteiger partial charge in [0.25, 0.3) is 0 Å². The Morgan fingerprint density at radius 3 is 2.26 bits per heavy atom. The Morgan fingerprint density at radius 1 is 1.26 bits per heavy atom. The monoisotopic (exact) mass is 328 g/mol. The van der Waals surface area contributed by atoms with Crippen LogP contribution >= 0.6 is 11.8 Å². The molecule has 0 radical (unpaired) electrons. The van der Waals surface area contributed by atoms with Gasteiger partial charge in [-0.25, -0.2) is 0 Å². The average molecular weight is 329 g/mol. The predicted octanol–water partition coefficient (Wildman–Crippen LogP) is -7.47. The summed E-state index contributed by atoms with van der Waals surface area (Å²) in [6.07, 6.45) is 3.86. The van der Waals surface area contributed by atoms with Crippen molar-refractivity contribution in [1.82, 2.24) is 0 Å². The van der Waals surface area contributed by atoms with Crippen LogP contribution in [0, 0.1) is 6.92 Å². The molecule has 0 aromatic carbocycles. The van der Waals surface area contributed by atoms with Gasteiger partial charge in [0.15, 0.2) is 11.9 Å². The molecular formula is C9H18Cl2N6OS. The van der Waals surface area contributed by atoms with Crippen LogP contribution in [-0.2, 0) is 0 Å². The predicted molar refractivity (Wildman–Crippen MR) is 67.7 cm³/mol. The number of thioether (sulfide) groups is 1. The van der Waals surface area contributed by atoms with Crippen LogP contribution in [0.25, 0.3) is 0 Å². The van der Waals surface area contributed by atoms with Crippen molar-refractivity contribution < 1.29 is 40.3 Å². The molecule has 1 aromatic rings. The van der Waals surface area contributed by atoms with E-state index in [1.165, 1.54) is 0 Å². The Bertz CT molecular complexity index is 450. The Hall–Kier alpha value is -1.09. The summed E-state index contributed by atoms with van der Waals surface area (Å²) >= 11 is 1.60. The summed E-state index contributed by atoms with van der Waals surface area (Å²) in [5.74, 6) is -0.0503. The van der Waals surface area contributed by atoms with Crippen molar-refractivity contribution in [3.63, 3.8) is 0 Å². The second-order valence-corrected chi connectivity index (χ2v) is 4.01. The van der Waals surface area contributed by atoms with Gasteiger partial charge in [-0.05, 0) is 13.2 Å². The molecule has 1 aromatic heterocycles. The van der Waals surface area contributed by atoms with Gasteiger partial charge in [0.2, 0.25) is 5.96 Å². The van der Waals surface area contributed by atoms with Gasteiger partial charge in [-0.2, -0.15) is 5.10 Å². The van der Waals surface area contributed by atoms with Crippen molar-refractivity contribution in [2.24, 2.45) is 21.7 Å². The highest BCUT2D eigenvalue weighted by Crippen LogP contribution is 2.05. The zero-order valence-electron chi connectivity index (χ0n) is 10.8. The van der Waals surface area contributed by atoms with Crippen molar-refractivity contribution in [2.75, 3.05) is 6.26 Å². The molecule has 110 valence electrons. The smallest absolute Gasteiger partial charge is 0.477 e. The molecule has 0 fully saturated rings. The van der Waals surface area contributed by atoms with Crippen LogP contribution in [0.2, 0.25) is 0 Å². The normalized spacial score (nSPS) is 9.53. The Kier molecular flexibility index (Phi) is 13.1. The highest BCUT2D eigenvalue weighted by molar-refractivity contribution is 7.98. The summed E-state index contributed by atoms with van der Waals surface area (Å²) in [6, 6.07) is 0. The molecule has 0 spiro atoms. The van der Waals surface area contributed by atoms with Crippen LogP contribution in [-0.4, -0.2) is 23.4 Å². The van der Waals surface area contributed by atoms with Gasteiger partial charge >= 0.3 is 5.16 Å². The third-order valence-electron chi connectivity index (χ3n) is 1.96.